The Labute approximate surface area is 120 Å². The highest BCUT2D eigenvalue weighted by atomic mass is 19.1. The van der Waals surface area contributed by atoms with Gasteiger partial charge in [-0.15, -0.1) is 0 Å². The first kappa shape index (κ1) is 13.3. The van der Waals surface area contributed by atoms with Crippen molar-refractivity contribution in [2.75, 3.05) is 5.73 Å². The van der Waals surface area contributed by atoms with Gasteiger partial charge in [0.2, 0.25) is 0 Å². The summed E-state index contributed by atoms with van der Waals surface area (Å²) in [5.74, 6) is -0.688. The molecule has 3 rings (SSSR count). The monoisotopic (exact) mass is 286 g/mol. The topological polar surface area (TPSA) is 48.1 Å². The van der Waals surface area contributed by atoms with E-state index in [0.29, 0.717) is 22.5 Å². The summed E-state index contributed by atoms with van der Waals surface area (Å²) < 4.78 is 31.9. The largest absolute Gasteiger partial charge is 0.488 e. The summed E-state index contributed by atoms with van der Waals surface area (Å²) in [4.78, 5) is 4.20. The smallest absolute Gasteiger partial charge is 0.129 e. The SMILES string of the molecule is Nc1ccc(OCc2cc(F)cc(F)c2)c2cccnc12. The molecule has 3 nitrogen and oxygen atoms in total. The first-order valence-corrected chi connectivity index (χ1v) is 6.34. The normalized spacial score (nSPS) is 10.8. The maximum Gasteiger partial charge on any atom is 0.129 e. The Morgan fingerprint density at radius 1 is 1.05 bits per heavy atom. The molecule has 2 aromatic carbocycles. The van der Waals surface area contributed by atoms with Gasteiger partial charge in [0.25, 0.3) is 0 Å². The van der Waals surface area contributed by atoms with Gasteiger partial charge < -0.3 is 10.5 Å². The van der Waals surface area contributed by atoms with E-state index in [1.165, 1.54) is 12.1 Å². The molecule has 0 unspecified atom stereocenters. The van der Waals surface area contributed by atoms with Gasteiger partial charge in [-0.25, -0.2) is 8.78 Å². The molecule has 0 aliphatic carbocycles. The van der Waals surface area contributed by atoms with Crippen LogP contribution in [0.4, 0.5) is 14.5 Å². The molecule has 21 heavy (non-hydrogen) atoms. The molecule has 106 valence electrons. The fourth-order valence-corrected chi connectivity index (χ4v) is 2.15. The minimum absolute atomic E-state index is 0.0581. The van der Waals surface area contributed by atoms with Gasteiger partial charge in [0, 0.05) is 17.6 Å². The van der Waals surface area contributed by atoms with Gasteiger partial charge in [0.05, 0.1) is 11.2 Å². The molecule has 0 saturated carbocycles. The average molecular weight is 286 g/mol. The van der Waals surface area contributed by atoms with E-state index in [2.05, 4.69) is 4.98 Å². The number of hydrogen-bond acceptors (Lipinski definition) is 3. The third-order valence-electron chi connectivity index (χ3n) is 3.08. The van der Waals surface area contributed by atoms with Crippen LogP contribution in [-0.2, 0) is 6.61 Å². The molecule has 0 aliphatic heterocycles. The summed E-state index contributed by atoms with van der Waals surface area (Å²) in [5.41, 5.74) is 7.46. The molecule has 0 spiro atoms. The molecule has 0 aliphatic rings. The van der Waals surface area contributed by atoms with Crippen LogP contribution in [0.5, 0.6) is 5.75 Å². The molecule has 0 saturated heterocycles. The van der Waals surface area contributed by atoms with Crippen molar-refractivity contribution in [3.8, 4) is 5.75 Å². The van der Waals surface area contributed by atoms with Crippen LogP contribution in [0.3, 0.4) is 0 Å². The average Bonchev–Trinajstić information content (AvgIpc) is 2.46. The predicted molar refractivity (Wildman–Crippen MR) is 76.8 cm³/mol. The Balaban J connectivity index is 1.90. The fraction of sp³-hybridized carbons (Fsp3) is 0.0625. The van der Waals surface area contributed by atoms with Crippen LogP contribution in [0.25, 0.3) is 10.9 Å². The van der Waals surface area contributed by atoms with Crippen LogP contribution < -0.4 is 10.5 Å². The fourth-order valence-electron chi connectivity index (χ4n) is 2.15. The van der Waals surface area contributed by atoms with E-state index in [9.17, 15) is 8.78 Å². The number of halogens is 2. The summed E-state index contributed by atoms with van der Waals surface area (Å²) in [5, 5.41) is 0.759. The second kappa shape index (κ2) is 5.36. The van der Waals surface area contributed by atoms with E-state index in [4.69, 9.17) is 10.5 Å². The molecule has 3 aromatic rings. The number of fused-ring (bicyclic) bond motifs is 1. The lowest BCUT2D eigenvalue weighted by molar-refractivity contribution is 0.308. The van der Waals surface area contributed by atoms with Gasteiger partial charge >= 0.3 is 0 Å². The van der Waals surface area contributed by atoms with Crippen LogP contribution in [0, 0.1) is 11.6 Å². The van der Waals surface area contributed by atoms with Crippen LogP contribution in [-0.4, -0.2) is 4.98 Å². The number of aromatic nitrogens is 1. The summed E-state index contributed by atoms with van der Waals surface area (Å²) in [6, 6.07) is 10.3. The third-order valence-corrected chi connectivity index (χ3v) is 3.08. The molecule has 0 fully saturated rings. The van der Waals surface area contributed by atoms with Crippen LogP contribution in [0.2, 0.25) is 0 Å². The second-order valence-electron chi connectivity index (χ2n) is 4.62. The Morgan fingerprint density at radius 2 is 1.81 bits per heavy atom. The number of nitrogens with two attached hydrogens (primary N) is 1. The van der Waals surface area contributed by atoms with Gasteiger partial charge in [0.1, 0.15) is 24.0 Å². The van der Waals surface area contributed by atoms with E-state index in [-0.39, 0.29) is 6.61 Å². The summed E-state index contributed by atoms with van der Waals surface area (Å²) in [6.45, 7) is 0.0581. The number of hydrogen-bond donors (Lipinski definition) is 1. The first-order valence-electron chi connectivity index (χ1n) is 6.34. The van der Waals surface area contributed by atoms with E-state index < -0.39 is 11.6 Å². The molecule has 0 bridgehead atoms. The highest BCUT2D eigenvalue weighted by Crippen LogP contribution is 2.28. The van der Waals surface area contributed by atoms with Gasteiger partial charge in [-0.2, -0.15) is 0 Å². The quantitative estimate of drug-likeness (QED) is 0.747. The molecular formula is C16H12F2N2O. The second-order valence-corrected chi connectivity index (χ2v) is 4.62. The Bertz CT molecular complexity index is 785. The number of nitrogen functional groups attached to an aromatic ring is 1. The van der Waals surface area contributed by atoms with Crippen molar-refractivity contribution in [2.24, 2.45) is 0 Å². The minimum atomic E-state index is -0.627. The number of nitrogens with zero attached hydrogens (tertiary/aromatic N) is 1. The number of benzene rings is 2. The maximum absolute atomic E-state index is 13.1. The lowest BCUT2D eigenvalue weighted by Crippen LogP contribution is -1.99. The zero-order valence-electron chi connectivity index (χ0n) is 11.0. The standard InChI is InChI=1S/C16H12F2N2O/c17-11-6-10(7-12(18)8-11)9-21-15-4-3-14(19)16-13(15)2-1-5-20-16/h1-8H,9,19H2. The van der Waals surface area contributed by atoms with Gasteiger partial charge in [-0.05, 0) is 42.0 Å². The molecule has 1 heterocycles. The predicted octanol–water partition coefficient (Wildman–Crippen LogP) is 3.67. The van der Waals surface area contributed by atoms with Gasteiger partial charge in [-0.1, -0.05) is 0 Å². The minimum Gasteiger partial charge on any atom is -0.488 e. The van der Waals surface area contributed by atoms with Crippen molar-refractivity contribution in [1.82, 2.24) is 4.98 Å². The number of rotatable bonds is 3. The number of anilines is 1. The summed E-state index contributed by atoms with van der Waals surface area (Å²) in [6.07, 6.45) is 1.64. The van der Waals surface area contributed by atoms with E-state index in [1.54, 1.807) is 24.4 Å². The highest BCUT2D eigenvalue weighted by Gasteiger charge is 2.07. The molecule has 0 radical (unpaired) electrons. The molecule has 5 heteroatoms. The zero-order chi connectivity index (χ0) is 14.8. The van der Waals surface area contributed by atoms with E-state index in [0.717, 1.165) is 11.5 Å². The Morgan fingerprint density at radius 3 is 2.57 bits per heavy atom. The van der Waals surface area contributed by atoms with Crippen molar-refractivity contribution in [2.45, 2.75) is 6.61 Å². The van der Waals surface area contributed by atoms with Gasteiger partial charge in [-0.3, -0.25) is 4.98 Å². The first-order chi connectivity index (χ1) is 10.1. The van der Waals surface area contributed by atoms with E-state index in [1.807, 2.05) is 6.07 Å². The van der Waals surface area contributed by atoms with Crippen molar-refractivity contribution >= 4 is 16.6 Å². The van der Waals surface area contributed by atoms with Crippen LogP contribution in [0.15, 0.2) is 48.7 Å². The van der Waals surface area contributed by atoms with Crippen molar-refractivity contribution in [3.63, 3.8) is 0 Å². The van der Waals surface area contributed by atoms with Gasteiger partial charge in [0.15, 0.2) is 0 Å². The van der Waals surface area contributed by atoms with E-state index >= 15 is 0 Å². The molecular weight excluding hydrogens is 274 g/mol. The Hall–Kier alpha value is -2.69. The highest BCUT2D eigenvalue weighted by molar-refractivity contribution is 5.93. The van der Waals surface area contributed by atoms with Crippen LogP contribution >= 0.6 is 0 Å². The maximum atomic E-state index is 13.1. The number of pyridine rings is 1. The summed E-state index contributed by atoms with van der Waals surface area (Å²) in [7, 11) is 0. The Kier molecular flexibility index (Phi) is 3.39. The zero-order valence-corrected chi connectivity index (χ0v) is 11.0. The summed E-state index contributed by atoms with van der Waals surface area (Å²) >= 11 is 0. The third kappa shape index (κ3) is 2.76. The van der Waals surface area contributed by atoms with Crippen molar-refractivity contribution in [3.05, 3.63) is 65.9 Å². The molecule has 1 aromatic heterocycles. The van der Waals surface area contributed by atoms with Crippen molar-refractivity contribution < 1.29 is 13.5 Å². The number of ether oxygens (including phenoxy) is 1. The van der Waals surface area contributed by atoms with Crippen LogP contribution in [0.1, 0.15) is 5.56 Å². The lowest BCUT2D eigenvalue weighted by atomic mass is 10.1. The molecule has 2 N–H and O–H groups in total. The lowest BCUT2D eigenvalue weighted by Gasteiger charge is -2.10. The van der Waals surface area contributed by atoms with Crippen molar-refractivity contribution in [1.29, 1.82) is 0 Å². The molecule has 0 amide bonds. The molecule has 0 atom stereocenters.